The fourth-order valence-corrected chi connectivity index (χ4v) is 5.80. The second-order valence-corrected chi connectivity index (χ2v) is 12.1. The number of hydrogen-bond acceptors (Lipinski definition) is 6. The van der Waals surface area contributed by atoms with Gasteiger partial charge in [0.05, 0.1) is 5.56 Å². The minimum Gasteiger partial charge on any atom is -0.457 e. The molecule has 2 aromatic carbocycles. The number of nitrogens with one attached hydrogen (secondary N) is 2. The zero-order chi connectivity index (χ0) is 30.8. The quantitative estimate of drug-likeness (QED) is 0.340. The van der Waals surface area contributed by atoms with E-state index in [2.05, 4.69) is 25.4 Å². The number of carbonyl (C=O) groups excluding carboxylic acids is 2. The number of ether oxygens (including phenoxy) is 1. The van der Waals surface area contributed by atoms with Crippen LogP contribution in [0.4, 0.5) is 24.7 Å². The maximum absolute atomic E-state index is 13.8. The van der Waals surface area contributed by atoms with Gasteiger partial charge in [-0.3, -0.25) is 14.5 Å². The molecule has 2 fully saturated rings. The number of aromatic nitrogens is 1. The van der Waals surface area contributed by atoms with Crippen molar-refractivity contribution >= 4 is 23.3 Å². The smallest absolute Gasteiger partial charge is 0.416 e. The lowest BCUT2D eigenvalue weighted by molar-refractivity contribution is -0.137. The lowest BCUT2D eigenvalue weighted by atomic mass is 9.83. The number of nitrogens with zero attached hydrogens (tertiary/aromatic N) is 3. The maximum atomic E-state index is 13.8. The Balaban J connectivity index is 1.12. The zero-order valence-corrected chi connectivity index (χ0v) is 24.6. The van der Waals surface area contributed by atoms with Crippen molar-refractivity contribution in [3.63, 3.8) is 0 Å². The molecule has 6 rings (SSSR count). The number of fused-ring (bicyclic) bond motifs is 1. The number of rotatable bonds is 8. The molecule has 2 N–H and O–H groups in total. The van der Waals surface area contributed by atoms with Gasteiger partial charge in [-0.15, -0.1) is 0 Å². The van der Waals surface area contributed by atoms with Crippen LogP contribution < -0.4 is 15.4 Å². The summed E-state index contributed by atoms with van der Waals surface area (Å²) in [6.45, 7) is 3.68. The Bertz CT molecular complexity index is 1530. The molecule has 1 unspecified atom stereocenters. The molecule has 2 aliphatic carbocycles. The summed E-state index contributed by atoms with van der Waals surface area (Å²) in [6, 6.07) is 13.0. The maximum Gasteiger partial charge on any atom is 0.416 e. The van der Waals surface area contributed by atoms with Crippen molar-refractivity contribution in [2.75, 3.05) is 43.9 Å². The van der Waals surface area contributed by atoms with E-state index in [0.29, 0.717) is 48.7 Å². The van der Waals surface area contributed by atoms with E-state index in [9.17, 15) is 22.8 Å². The Morgan fingerprint density at radius 1 is 0.886 bits per heavy atom. The molecule has 1 atom stereocenters. The number of hydrogen-bond donors (Lipinski definition) is 2. The van der Waals surface area contributed by atoms with E-state index in [0.717, 1.165) is 56.2 Å². The minimum absolute atomic E-state index is 0.0378. The number of aryl methyl sites for hydroxylation is 1. The van der Waals surface area contributed by atoms with E-state index in [1.54, 1.807) is 24.4 Å². The van der Waals surface area contributed by atoms with Gasteiger partial charge in [0.2, 0.25) is 11.8 Å². The highest BCUT2D eigenvalue weighted by atomic mass is 19.4. The van der Waals surface area contributed by atoms with Crippen molar-refractivity contribution in [3.8, 4) is 11.5 Å². The average Bonchev–Trinajstić information content (AvgIpc) is 3.84. The van der Waals surface area contributed by atoms with Crippen LogP contribution in [0.25, 0.3) is 0 Å². The zero-order valence-electron chi connectivity index (χ0n) is 24.6. The normalized spacial score (nSPS) is 19.2. The SMILES string of the molecule is CN1CCN(Cc2cc(NC(=O)C3CCc4ccc(Oc5ccnc(NC(=O)C6CC6)c5)cc4C3)cc(C(F)(F)F)c2)CC1. The standard InChI is InChI=1S/C33H36F3N5O3/c1-40-10-12-41(13-11-40)20-21-14-26(33(34,35)36)18-27(15-21)38-32(43)24-5-2-22-6-7-28(17-25(22)16-24)44-29-8-9-37-30(19-29)39-31(42)23-3-4-23/h6-9,14-15,17-19,23-24H,2-5,10-13,16,20H2,1H3,(H,38,43)(H,37,39,42). The lowest BCUT2D eigenvalue weighted by Crippen LogP contribution is -2.43. The number of halogens is 3. The Morgan fingerprint density at radius 2 is 1.64 bits per heavy atom. The van der Waals surface area contributed by atoms with Crippen LogP contribution in [0.5, 0.6) is 11.5 Å². The Morgan fingerprint density at radius 3 is 2.39 bits per heavy atom. The van der Waals surface area contributed by atoms with Gasteiger partial charge in [0, 0.05) is 62.5 Å². The molecular weight excluding hydrogens is 571 g/mol. The van der Waals surface area contributed by atoms with Crippen LogP contribution >= 0.6 is 0 Å². The van der Waals surface area contributed by atoms with E-state index in [1.807, 2.05) is 25.2 Å². The summed E-state index contributed by atoms with van der Waals surface area (Å²) in [4.78, 5) is 34.0. The molecule has 3 aliphatic rings. The first kappa shape index (κ1) is 30.1. The molecule has 1 saturated carbocycles. The highest BCUT2D eigenvalue weighted by Gasteiger charge is 2.33. The molecule has 8 nitrogen and oxygen atoms in total. The second kappa shape index (κ2) is 12.6. The summed E-state index contributed by atoms with van der Waals surface area (Å²) < 4.78 is 47.4. The van der Waals surface area contributed by atoms with Gasteiger partial charge >= 0.3 is 6.18 Å². The molecule has 1 saturated heterocycles. The van der Waals surface area contributed by atoms with Crippen molar-refractivity contribution < 1.29 is 27.5 Å². The first-order chi connectivity index (χ1) is 21.1. The van der Waals surface area contributed by atoms with E-state index in [1.165, 1.54) is 6.07 Å². The summed E-state index contributed by atoms with van der Waals surface area (Å²) in [5, 5.41) is 5.60. The Hall–Kier alpha value is -3.96. The Labute approximate surface area is 254 Å². The summed E-state index contributed by atoms with van der Waals surface area (Å²) in [6.07, 6.45) is 0.571. The van der Waals surface area contributed by atoms with Crippen LogP contribution in [0.1, 0.15) is 41.5 Å². The number of piperazine rings is 1. The van der Waals surface area contributed by atoms with Crippen LogP contribution in [-0.4, -0.2) is 59.8 Å². The largest absolute Gasteiger partial charge is 0.457 e. The van der Waals surface area contributed by atoms with Crippen molar-refractivity contribution in [3.05, 3.63) is 77.0 Å². The molecule has 1 aliphatic heterocycles. The first-order valence-electron chi connectivity index (χ1n) is 15.1. The topological polar surface area (TPSA) is 86.8 Å². The van der Waals surface area contributed by atoms with Gasteiger partial charge in [-0.1, -0.05) is 6.07 Å². The third-order valence-corrected chi connectivity index (χ3v) is 8.53. The third-order valence-electron chi connectivity index (χ3n) is 8.53. The summed E-state index contributed by atoms with van der Waals surface area (Å²) in [5.41, 5.74) is 2.01. The number of carbonyl (C=O) groups is 2. The summed E-state index contributed by atoms with van der Waals surface area (Å²) in [7, 11) is 2.03. The van der Waals surface area contributed by atoms with Gasteiger partial charge in [-0.2, -0.15) is 13.2 Å². The molecule has 0 radical (unpaired) electrons. The number of pyridine rings is 1. The Kier molecular flexibility index (Phi) is 8.59. The number of alkyl halides is 3. The van der Waals surface area contributed by atoms with E-state index in [-0.39, 0.29) is 23.4 Å². The predicted octanol–water partition coefficient (Wildman–Crippen LogP) is 5.73. The van der Waals surface area contributed by atoms with E-state index in [4.69, 9.17) is 4.74 Å². The summed E-state index contributed by atoms with van der Waals surface area (Å²) >= 11 is 0. The van der Waals surface area contributed by atoms with Gasteiger partial charge in [0.1, 0.15) is 17.3 Å². The van der Waals surface area contributed by atoms with Crippen LogP contribution in [0.2, 0.25) is 0 Å². The molecular formula is C33H36F3N5O3. The lowest BCUT2D eigenvalue weighted by Gasteiger charge is -2.32. The van der Waals surface area contributed by atoms with Crippen LogP contribution in [0.15, 0.2) is 54.7 Å². The highest BCUT2D eigenvalue weighted by molar-refractivity contribution is 5.93. The minimum atomic E-state index is -4.52. The number of benzene rings is 2. The molecule has 3 aromatic rings. The van der Waals surface area contributed by atoms with Crippen LogP contribution in [-0.2, 0) is 35.2 Å². The fourth-order valence-electron chi connectivity index (χ4n) is 5.80. The molecule has 2 amide bonds. The van der Waals surface area contributed by atoms with Gasteiger partial charge in [0.25, 0.3) is 0 Å². The molecule has 44 heavy (non-hydrogen) atoms. The summed E-state index contributed by atoms with van der Waals surface area (Å²) in [5.74, 6) is 0.870. The molecule has 1 aromatic heterocycles. The fraction of sp³-hybridized carbons (Fsp3) is 0.424. The molecule has 2 heterocycles. The van der Waals surface area contributed by atoms with Crippen molar-refractivity contribution in [2.24, 2.45) is 11.8 Å². The number of anilines is 2. The van der Waals surface area contributed by atoms with E-state index >= 15 is 0 Å². The van der Waals surface area contributed by atoms with Crippen molar-refractivity contribution in [1.29, 1.82) is 0 Å². The van der Waals surface area contributed by atoms with Crippen LogP contribution in [0, 0.1) is 11.8 Å². The molecule has 0 spiro atoms. The van der Waals surface area contributed by atoms with Gasteiger partial charge in [-0.25, -0.2) is 4.98 Å². The van der Waals surface area contributed by atoms with Crippen molar-refractivity contribution in [2.45, 2.75) is 44.8 Å². The second-order valence-electron chi connectivity index (χ2n) is 12.1. The molecule has 232 valence electrons. The van der Waals surface area contributed by atoms with Crippen molar-refractivity contribution in [1.82, 2.24) is 14.8 Å². The highest BCUT2D eigenvalue weighted by Crippen LogP contribution is 2.35. The molecule has 0 bridgehead atoms. The predicted molar refractivity (Wildman–Crippen MR) is 160 cm³/mol. The number of amides is 2. The monoisotopic (exact) mass is 607 g/mol. The molecule has 11 heteroatoms. The third kappa shape index (κ3) is 7.57. The van der Waals surface area contributed by atoms with Gasteiger partial charge < -0.3 is 20.3 Å². The first-order valence-corrected chi connectivity index (χ1v) is 15.1. The number of likely N-dealkylation sites (N-methyl/N-ethyl adjacent to an activating group) is 1. The average molecular weight is 608 g/mol. The van der Waals surface area contributed by atoms with Gasteiger partial charge in [0.15, 0.2) is 0 Å². The van der Waals surface area contributed by atoms with Crippen LogP contribution in [0.3, 0.4) is 0 Å². The van der Waals surface area contributed by atoms with Gasteiger partial charge in [-0.05, 0) is 92.2 Å². The van der Waals surface area contributed by atoms with E-state index < -0.39 is 17.7 Å².